The number of amides is 2. The Morgan fingerprint density at radius 1 is 1.21 bits per heavy atom. The Morgan fingerprint density at radius 2 is 2.04 bits per heavy atom. The topological polar surface area (TPSA) is 61.4 Å². The number of benzene rings is 2. The van der Waals surface area contributed by atoms with Gasteiger partial charge in [0, 0.05) is 36.3 Å². The van der Waals surface area contributed by atoms with Crippen LogP contribution >= 0.6 is 11.8 Å². The summed E-state index contributed by atoms with van der Waals surface area (Å²) in [6.07, 6.45) is 2.22. The first-order chi connectivity index (χ1) is 13.6. The zero-order valence-corrected chi connectivity index (χ0v) is 17.0. The van der Waals surface area contributed by atoms with Crippen LogP contribution in [0.3, 0.4) is 0 Å². The van der Waals surface area contributed by atoms with Crippen LogP contribution in [-0.4, -0.2) is 31.4 Å². The Labute approximate surface area is 170 Å². The highest BCUT2D eigenvalue weighted by molar-refractivity contribution is 8.04. The summed E-state index contributed by atoms with van der Waals surface area (Å²) >= 11 is 1.32. The van der Waals surface area contributed by atoms with E-state index in [0.29, 0.717) is 11.4 Å². The van der Waals surface area contributed by atoms with Crippen molar-refractivity contribution in [2.45, 2.75) is 25.2 Å². The van der Waals surface area contributed by atoms with E-state index in [2.05, 4.69) is 53.6 Å². The molecule has 0 saturated carbocycles. The number of fused-ring (bicyclic) bond motifs is 1. The van der Waals surface area contributed by atoms with Crippen molar-refractivity contribution in [1.82, 2.24) is 5.32 Å². The lowest BCUT2D eigenvalue weighted by molar-refractivity contribution is -0.117. The van der Waals surface area contributed by atoms with Crippen molar-refractivity contribution in [1.29, 1.82) is 0 Å². The number of carbonyl (C=O) groups excluding carboxylic acids is 2. The minimum absolute atomic E-state index is 0.240. The highest BCUT2D eigenvalue weighted by Crippen LogP contribution is 2.37. The number of anilines is 2. The van der Waals surface area contributed by atoms with E-state index >= 15 is 0 Å². The van der Waals surface area contributed by atoms with E-state index in [9.17, 15) is 9.59 Å². The molecule has 0 spiro atoms. The van der Waals surface area contributed by atoms with Gasteiger partial charge in [0.2, 0.25) is 5.91 Å². The lowest BCUT2D eigenvalue weighted by atomic mass is 10.2. The van der Waals surface area contributed by atoms with Gasteiger partial charge in [-0.2, -0.15) is 0 Å². The predicted molar refractivity (Wildman–Crippen MR) is 116 cm³/mol. The van der Waals surface area contributed by atoms with Gasteiger partial charge in [0.05, 0.1) is 10.6 Å². The zero-order chi connectivity index (χ0) is 19.9. The predicted octanol–water partition coefficient (Wildman–Crippen LogP) is 3.96. The van der Waals surface area contributed by atoms with Gasteiger partial charge in [0.25, 0.3) is 5.91 Å². The first kappa shape index (κ1) is 20.0. The zero-order valence-electron chi connectivity index (χ0n) is 16.2. The summed E-state index contributed by atoms with van der Waals surface area (Å²) in [5, 5.41) is 5.69. The average molecular weight is 396 g/mol. The number of aryl methyl sites for hydroxylation is 1. The van der Waals surface area contributed by atoms with Gasteiger partial charge in [-0.15, -0.1) is 0 Å². The molecular weight excluding hydrogens is 370 g/mol. The molecule has 0 saturated heterocycles. The maximum atomic E-state index is 12.2. The third kappa shape index (κ3) is 5.16. The van der Waals surface area contributed by atoms with Crippen molar-refractivity contribution in [2.75, 3.05) is 29.9 Å². The lowest BCUT2D eigenvalue weighted by Gasteiger charge is -2.23. The van der Waals surface area contributed by atoms with Crippen LogP contribution in [0.4, 0.5) is 11.4 Å². The van der Waals surface area contributed by atoms with Crippen LogP contribution in [-0.2, 0) is 9.59 Å². The van der Waals surface area contributed by atoms with E-state index in [4.69, 9.17) is 0 Å². The Morgan fingerprint density at radius 3 is 2.82 bits per heavy atom. The summed E-state index contributed by atoms with van der Waals surface area (Å²) in [7, 11) is 0. The number of carbonyl (C=O) groups is 2. The molecule has 2 N–H and O–H groups in total. The third-order valence-electron chi connectivity index (χ3n) is 4.49. The van der Waals surface area contributed by atoms with Gasteiger partial charge in [0.15, 0.2) is 0 Å². The lowest BCUT2D eigenvalue weighted by Crippen LogP contribution is -2.29. The standard InChI is InChI=1S/C22H25N3O2S/c1-3-25(17-9-6-8-16(2)14-17)13-7-12-23-21(26)15-20-22(27)24-18-10-4-5-11-19(18)28-20/h4-6,8-11,14-15H,3,7,12-13H2,1-2H3,(H,23,26)(H,24,27)/b20-15-. The number of thioether (sulfide) groups is 1. The highest BCUT2D eigenvalue weighted by atomic mass is 32.2. The second-order valence-corrected chi connectivity index (χ2v) is 7.71. The summed E-state index contributed by atoms with van der Waals surface area (Å²) in [6.45, 7) is 6.55. The van der Waals surface area contributed by atoms with Crippen molar-refractivity contribution in [3.8, 4) is 0 Å². The van der Waals surface area contributed by atoms with Crippen LogP contribution in [0.2, 0.25) is 0 Å². The monoisotopic (exact) mass is 395 g/mol. The summed E-state index contributed by atoms with van der Waals surface area (Å²) in [5.74, 6) is -0.480. The van der Waals surface area contributed by atoms with Crippen LogP contribution in [0, 0.1) is 6.92 Å². The van der Waals surface area contributed by atoms with Gasteiger partial charge >= 0.3 is 0 Å². The van der Waals surface area contributed by atoms with Gasteiger partial charge in [-0.25, -0.2) is 0 Å². The summed E-state index contributed by atoms with van der Waals surface area (Å²) in [4.78, 5) is 28.0. The van der Waals surface area contributed by atoms with Gasteiger partial charge < -0.3 is 15.5 Å². The quantitative estimate of drug-likeness (QED) is 0.550. The molecule has 146 valence electrons. The van der Waals surface area contributed by atoms with Crippen molar-refractivity contribution in [2.24, 2.45) is 0 Å². The molecule has 0 radical (unpaired) electrons. The fourth-order valence-corrected chi connectivity index (χ4v) is 3.97. The smallest absolute Gasteiger partial charge is 0.262 e. The molecule has 1 aliphatic heterocycles. The Hall–Kier alpha value is -2.73. The molecule has 3 rings (SSSR count). The molecule has 0 bridgehead atoms. The van der Waals surface area contributed by atoms with Crippen molar-refractivity contribution < 1.29 is 9.59 Å². The second kappa shape index (κ2) is 9.46. The number of nitrogens with zero attached hydrogens (tertiary/aromatic N) is 1. The van der Waals surface area contributed by atoms with E-state index < -0.39 is 0 Å². The van der Waals surface area contributed by atoms with Gasteiger partial charge in [-0.3, -0.25) is 9.59 Å². The molecule has 1 heterocycles. The van der Waals surface area contributed by atoms with E-state index in [-0.39, 0.29) is 11.8 Å². The van der Waals surface area contributed by atoms with Crippen LogP contribution < -0.4 is 15.5 Å². The Bertz CT molecular complexity index is 895. The molecule has 5 nitrogen and oxygen atoms in total. The molecule has 2 amide bonds. The molecule has 2 aromatic rings. The van der Waals surface area contributed by atoms with Crippen LogP contribution in [0.5, 0.6) is 0 Å². The number of rotatable bonds is 7. The van der Waals surface area contributed by atoms with Crippen molar-refractivity contribution in [3.05, 3.63) is 65.1 Å². The van der Waals surface area contributed by atoms with Crippen molar-refractivity contribution >= 4 is 35.0 Å². The van der Waals surface area contributed by atoms with Crippen LogP contribution in [0.1, 0.15) is 18.9 Å². The molecule has 28 heavy (non-hydrogen) atoms. The molecular formula is C22H25N3O2S. The van der Waals surface area contributed by atoms with Crippen LogP contribution in [0.15, 0.2) is 64.4 Å². The van der Waals surface area contributed by atoms with Gasteiger partial charge in [0.1, 0.15) is 0 Å². The summed E-state index contributed by atoms with van der Waals surface area (Å²) < 4.78 is 0. The van der Waals surface area contributed by atoms with Gasteiger partial charge in [-0.1, -0.05) is 36.0 Å². The van der Waals surface area contributed by atoms with Crippen LogP contribution in [0.25, 0.3) is 0 Å². The maximum Gasteiger partial charge on any atom is 0.262 e. The maximum absolute atomic E-state index is 12.2. The third-order valence-corrected chi connectivity index (χ3v) is 5.59. The Balaban J connectivity index is 1.49. The normalized spacial score (nSPS) is 14.4. The largest absolute Gasteiger partial charge is 0.372 e. The first-order valence-corrected chi connectivity index (χ1v) is 10.3. The highest BCUT2D eigenvalue weighted by Gasteiger charge is 2.21. The van der Waals surface area contributed by atoms with E-state index in [0.717, 1.165) is 30.1 Å². The first-order valence-electron chi connectivity index (χ1n) is 9.46. The molecule has 0 aromatic heterocycles. The number of para-hydroxylation sites is 1. The minimum atomic E-state index is -0.240. The number of nitrogens with one attached hydrogen (secondary N) is 2. The molecule has 0 unspecified atom stereocenters. The molecule has 1 aliphatic rings. The number of hydrogen-bond donors (Lipinski definition) is 2. The van der Waals surface area contributed by atoms with E-state index in [1.165, 1.54) is 29.1 Å². The molecule has 0 aliphatic carbocycles. The van der Waals surface area contributed by atoms with Crippen molar-refractivity contribution in [3.63, 3.8) is 0 Å². The summed E-state index contributed by atoms with van der Waals surface area (Å²) in [5.41, 5.74) is 3.22. The average Bonchev–Trinajstić information content (AvgIpc) is 2.68. The molecule has 6 heteroatoms. The summed E-state index contributed by atoms with van der Waals surface area (Å²) in [6, 6.07) is 16.0. The van der Waals surface area contributed by atoms with E-state index in [1.807, 2.05) is 24.3 Å². The van der Waals surface area contributed by atoms with Gasteiger partial charge in [-0.05, 0) is 50.1 Å². The fourth-order valence-electron chi connectivity index (χ4n) is 3.05. The number of hydrogen-bond acceptors (Lipinski definition) is 4. The Kier molecular flexibility index (Phi) is 6.76. The molecule has 2 aromatic carbocycles. The van der Waals surface area contributed by atoms with E-state index in [1.54, 1.807) is 0 Å². The molecule has 0 fully saturated rings. The SMILES string of the molecule is CCN(CCCNC(=O)/C=C1\Sc2ccccc2NC1=O)c1cccc(C)c1. The minimum Gasteiger partial charge on any atom is -0.372 e. The second-order valence-electron chi connectivity index (χ2n) is 6.62. The molecule has 0 atom stereocenters. The fraction of sp³-hybridized carbons (Fsp3) is 0.273.